The van der Waals surface area contributed by atoms with Crippen molar-refractivity contribution in [1.29, 1.82) is 0 Å². The number of hydrogen-bond donors (Lipinski definition) is 1. The molecule has 1 aliphatic heterocycles. The van der Waals surface area contributed by atoms with Crippen molar-refractivity contribution in [1.82, 2.24) is 4.31 Å². The fourth-order valence-corrected chi connectivity index (χ4v) is 3.89. The first-order valence-electron chi connectivity index (χ1n) is 6.89. The van der Waals surface area contributed by atoms with Gasteiger partial charge in [-0.1, -0.05) is 0 Å². The van der Waals surface area contributed by atoms with E-state index in [1.54, 1.807) is 6.92 Å². The lowest BCUT2D eigenvalue weighted by Crippen LogP contribution is -2.47. The van der Waals surface area contributed by atoms with Crippen molar-refractivity contribution in [2.24, 2.45) is 0 Å². The Balaban J connectivity index is 2.29. The van der Waals surface area contributed by atoms with Crippen molar-refractivity contribution in [2.45, 2.75) is 37.3 Å². The highest BCUT2D eigenvalue weighted by Gasteiger charge is 2.39. The molecule has 1 saturated heterocycles. The third-order valence-electron chi connectivity index (χ3n) is 3.36. The number of nitrogens with zero attached hydrogens (tertiary/aromatic N) is 1. The van der Waals surface area contributed by atoms with Crippen molar-refractivity contribution >= 4 is 22.0 Å². The number of hydrogen-bond acceptors (Lipinski definition) is 6. The molecule has 2 rings (SSSR count). The van der Waals surface area contributed by atoms with Gasteiger partial charge in [-0.15, -0.1) is 0 Å². The van der Waals surface area contributed by atoms with Gasteiger partial charge in [0.05, 0.1) is 6.61 Å². The Morgan fingerprint density at radius 3 is 2.77 bits per heavy atom. The van der Waals surface area contributed by atoms with Gasteiger partial charge >= 0.3 is 11.9 Å². The van der Waals surface area contributed by atoms with Gasteiger partial charge in [-0.2, -0.15) is 4.31 Å². The first-order valence-corrected chi connectivity index (χ1v) is 8.33. The van der Waals surface area contributed by atoms with Crippen LogP contribution in [0.1, 0.15) is 36.7 Å². The van der Waals surface area contributed by atoms with E-state index in [-0.39, 0.29) is 25.3 Å². The molecular weight excluding hydrogens is 314 g/mol. The maximum absolute atomic E-state index is 12.5. The summed E-state index contributed by atoms with van der Waals surface area (Å²) < 4.78 is 35.7. The summed E-state index contributed by atoms with van der Waals surface area (Å²) in [4.78, 5) is 22.7. The number of carbonyl (C=O) groups is 2. The third kappa shape index (κ3) is 3.14. The van der Waals surface area contributed by atoms with Gasteiger partial charge in [0.2, 0.25) is 10.9 Å². The van der Waals surface area contributed by atoms with Crippen molar-refractivity contribution in [3.05, 3.63) is 17.9 Å². The zero-order chi connectivity index (χ0) is 16.3. The number of carboxylic acids is 1. The summed E-state index contributed by atoms with van der Waals surface area (Å²) in [7, 11) is -4.11. The number of aliphatic carboxylic acids is 1. The number of piperidine rings is 1. The van der Waals surface area contributed by atoms with E-state index in [0.29, 0.717) is 12.8 Å². The SMILES string of the molecule is CCOC(=O)c1ccc(S(=O)(=O)N2CCCCC2C(=O)O)o1. The molecule has 9 heteroatoms. The van der Waals surface area contributed by atoms with E-state index in [9.17, 15) is 23.1 Å². The predicted octanol–water partition coefficient (Wildman–Crippen LogP) is 1.08. The molecule has 0 amide bonds. The number of furan rings is 1. The molecule has 122 valence electrons. The van der Waals surface area contributed by atoms with Crippen LogP contribution in [0.15, 0.2) is 21.6 Å². The minimum atomic E-state index is -4.11. The lowest BCUT2D eigenvalue weighted by Gasteiger charge is -2.30. The highest BCUT2D eigenvalue weighted by atomic mass is 32.2. The molecule has 0 bridgehead atoms. The zero-order valence-electron chi connectivity index (χ0n) is 12.0. The monoisotopic (exact) mass is 331 g/mol. The van der Waals surface area contributed by atoms with Crippen LogP contribution in [-0.2, 0) is 19.6 Å². The summed E-state index contributed by atoms with van der Waals surface area (Å²) in [5.74, 6) is -2.19. The van der Waals surface area contributed by atoms with Crippen molar-refractivity contribution in [3.63, 3.8) is 0 Å². The second kappa shape index (κ2) is 6.49. The Hall–Kier alpha value is -1.87. The fraction of sp³-hybridized carbons (Fsp3) is 0.538. The lowest BCUT2D eigenvalue weighted by molar-refractivity contribution is -0.142. The number of esters is 1. The van der Waals surface area contributed by atoms with Gasteiger partial charge in [0, 0.05) is 6.54 Å². The zero-order valence-corrected chi connectivity index (χ0v) is 12.8. The number of ether oxygens (including phenoxy) is 1. The molecule has 1 fully saturated rings. The van der Waals surface area contributed by atoms with Gasteiger partial charge in [0.25, 0.3) is 10.0 Å². The normalized spacial score (nSPS) is 19.8. The molecule has 1 aromatic rings. The van der Waals surface area contributed by atoms with Crippen LogP contribution < -0.4 is 0 Å². The number of rotatable bonds is 5. The molecule has 1 aliphatic rings. The van der Waals surface area contributed by atoms with Crippen LogP contribution in [0.25, 0.3) is 0 Å². The smallest absolute Gasteiger partial charge is 0.374 e. The van der Waals surface area contributed by atoms with Crippen LogP contribution in [0, 0.1) is 0 Å². The predicted molar refractivity (Wildman–Crippen MR) is 73.8 cm³/mol. The van der Waals surface area contributed by atoms with Crippen molar-refractivity contribution in [3.8, 4) is 0 Å². The van der Waals surface area contributed by atoms with Gasteiger partial charge in [-0.25, -0.2) is 13.2 Å². The van der Waals surface area contributed by atoms with Crippen molar-refractivity contribution < 1.29 is 32.3 Å². The molecule has 1 unspecified atom stereocenters. The minimum absolute atomic E-state index is 0.106. The average molecular weight is 331 g/mol. The summed E-state index contributed by atoms with van der Waals surface area (Å²) in [6.45, 7) is 1.85. The Morgan fingerprint density at radius 1 is 1.41 bits per heavy atom. The van der Waals surface area contributed by atoms with E-state index in [0.717, 1.165) is 10.4 Å². The molecule has 0 saturated carbocycles. The van der Waals surface area contributed by atoms with Gasteiger partial charge in [0.1, 0.15) is 6.04 Å². The molecule has 8 nitrogen and oxygen atoms in total. The lowest BCUT2D eigenvalue weighted by atomic mass is 10.1. The van der Waals surface area contributed by atoms with Crippen molar-refractivity contribution in [2.75, 3.05) is 13.2 Å². The molecule has 1 atom stereocenters. The van der Waals surface area contributed by atoms with Crippen LogP contribution in [0.3, 0.4) is 0 Å². The Bertz CT molecular complexity index is 664. The summed E-state index contributed by atoms with van der Waals surface area (Å²) in [6, 6.07) is 1.22. The number of sulfonamides is 1. The third-order valence-corrected chi connectivity index (χ3v) is 5.14. The summed E-state index contributed by atoms with van der Waals surface area (Å²) in [5.41, 5.74) is 0. The summed E-state index contributed by atoms with van der Waals surface area (Å²) >= 11 is 0. The number of carbonyl (C=O) groups excluding carboxylic acids is 1. The molecule has 0 radical (unpaired) electrons. The van der Waals surface area contributed by atoms with Gasteiger partial charge in [-0.3, -0.25) is 4.79 Å². The molecule has 22 heavy (non-hydrogen) atoms. The fourth-order valence-electron chi connectivity index (χ4n) is 2.33. The number of carboxylic acid groups (broad SMARTS) is 1. The Labute approximate surface area is 127 Å². The molecule has 0 aliphatic carbocycles. The average Bonchev–Trinajstić information content (AvgIpc) is 2.98. The van der Waals surface area contributed by atoms with E-state index < -0.39 is 33.1 Å². The van der Waals surface area contributed by atoms with E-state index in [1.165, 1.54) is 6.07 Å². The second-order valence-corrected chi connectivity index (χ2v) is 6.63. The van der Waals surface area contributed by atoms with Crippen LogP contribution in [0.5, 0.6) is 0 Å². The summed E-state index contributed by atoms with van der Waals surface area (Å²) in [5, 5.41) is 8.72. The van der Waals surface area contributed by atoms with E-state index >= 15 is 0 Å². The van der Waals surface area contributed by atoms with E-state index in [4.69, 9.17) is 9.15 Å². The standard InChI is InChI=1S/C13H17NO7S/c1-2-20-13(17)10-6-7-11(21-10)22(18,19)14-8-4-3-5-9(14)12(15)16/h6-7,9H,2-5,8H2,1H3,(H,15,16). The van der Waals surface area contributed by atoms with Crippen LogP contribution in [0.2, 0.25) is 0 Å². The Kier molecular flexibility index (Phi) is 4.87. The minimum Gasteiger partial charge on any atom is -0.480 e. The van der Waals surface area contributed by atoms with E-state index in [2.05, 4.69) is 0 Å². The summed E-state index contributed by atoms with van der Waals surface area (Å²) in [6.07, 6.45) is 1.48. The molecule has 2 heterocycles. The Morgan fingerprint density at radius 2 is 2.14 bits per heavy atom. The topological polar surface area (TPSA) is 114 Å². The van der Waals surface area contributed by atoms with Crippen LogP contribution in [-0.4, -0.2) is 49.0 Å². The van der Waals surface area contributed by atoms with Crippen LogP contribution in [0.4, 0.5) is 0 Å². The quantitative estimate of drug-likeness (QED) is 0.803. The molecule has 1 N–H and O–H groups in total. The van der Waals surface area contributed by atoms with Gasteiger partial charge in [0.15, 0.2) is 0 Å². The van der Waals surface area contributed by atoms with Crippen LogP contribution >= 0.6 is 0 Å². The highest BCUT2D eigenvalue weighted by molar-refractivity contribution is 7.89. The maximum Gasteiger partial charge on any atom is 0.374 e. The largest absolute Gasteiger partial charge is 0.480 e. The first kappa shape index (κ1) is 16.5. The maximum atomic E-state index is 12.5. The first-order chi connectivity index (χ1) is 10.4. The van der Waals surface area contributed by atoms with Gasteiger partial charge < -0.3 is 14.3 Å². The highest BCUT2D eigenvalue weighted by Crippen LogP contribution is 2.26. The molecule has 0 aromatic carbocycles. The molecule has 0 spiro atoms. The second-order valence-electron chi connectivity index (χ2n) is 4.80. The molecule has 1 aromatic heterocycles. The van der Waals surface area contributed by atoms with Gasteiger partial charge in [-0.05, 0) is 38.3 Å². The van der Waals surface area contributed by atoms with E-state index in [1.807, 2.05) is 0 Å². The molecular formula is C13H17NO7S.